The predicted molar refractivity (Wildman–Crippen MR) is 98.6 cm³/mol. The maximum Gasteiger partial charge on any atom is 0.226 e. The Bertz CT molecular complexity index is 788. The third-order valence-corrected chi connectivity index (χ3v) is 4.14. The number of aryl methyl sites for hydroxylation is 2. The number of benzene rings is 2. The Kier molecular flexibility index (Phi) is 6.15. The molecule has 0 saturated heterocycles. The summed E-state index contributed by atoms with van der Waals surface area (Å²) >= 11 is 5.70. The van der Waals surface area contributed by atoms with Gasteiger partial charge in [0.05, 0.1) is 5.02 Å². The van der Waals surface area contributed by atoms with Crippen LogP contribution < -0.4 is 10.2 Å². The number of nitrogens with zero attached hydrogens (tertiary/aromatic N) is 1. The second-order valence-electron chi connectivity index (χ2n) is 5.84. The lowest BCUT2D eigenvalue weighted by Crippen LogP contribution is -2.33. The summed E-state index contributed by atoms with van der Waals surface area (Å²) in [4.78, 5) is 25.8. The van der Waals surface area contributed by atoms with Crippen molar-refractivity contribution in [2.75, 3.05) is 16.8 Å². The van der Waals surface area contributed by atoms with Crippen molar-refractivity contribution >= 4 is 34.8 Å². The van der Waals surface area contributed by atoms with E-state index in [0.717, 1.165) is 16.8 Å². The highest BCUT2D eigenvalue weighted by molar-refractivity contribution is 6.31. The van der Waals surface area contributed by atoms with Crippen LogP contribution in [0.1, 0.15) is 24.5 Å². The molecule has 0 aliphatic rings. The molecule has 0 bridgehead atoms. The van der Waals surface area contributed by atoms with E-state index >= 15 is 0 Å². The highest BCUT2D eigenvalue weighted by atomic mass is 35.5. The van der Waals surface area contributed by atoms with Gasteiger partial charge in [0, 0.05) is 31.3 Å². The highest BCUT2D eigenvalue weighted by Crippen LogP contribution is 2.25. The minimum Gasteiger partial charge on any atom is -0.326 e. The first-order valence-corrected chi connectivity index (χ1v) is 8.26. The molecule has 0 spiro atoms. The first-order chi connectivity index (χ1) is 11.8. The standard InChI is InChI=1S/C19H20ClFN2O2/c1-12-5-4-6-13(2)19(12)23(14(3)24)10-9-18(25)22-15-7-8-17(21)16(20)11-15/h4-8,11H,9-10H2,1-3H3,(H,22,25). The number of carbonyl (C=O) groups is 2. The zero-order chi connectivity index (χ0) is 18.6. The summed E-state index contributed by atoms with van der Waals surface area (Å²) in [5.41, 5.74) is 3.19. The Balaban J connectivity index is 2.07. The van der Waals surface area contributed by atoms with Crippen LogP contribution in [0, 0.1) is 19.7 Å². The van der Waals surface area contributed by atoms with Crippen molar-refractivity contribution in [2.45, 2.75) is 27.2 Å². The van der Waals surface area contributed by atoms with E-state index in [1.165, 1.54) is 25.1 Å². The summed E-state index contributed by atoms with van der Waals surface area (Å²) in [5.74, 6) is -0.951. The van der Waals surface area contributed by atoms with E-state index < -0.39 is 5.82 Å². The van der Waals surface area contributed by atoms with Crippen LogP contribution in [-0.4, -0.2) is 18.4 Å². The van der Waals surface area contributed by atoms with Gasteiger partial charge in [0.25, 0.3) is 0 Å². The molecule has 1 N–H and O–H groups in total. The minimum atomic E-state index is -0.544. The van der Waals surface area contributed by atoms with Crippen LogP contribution in [0.25, 0.3) is 0 Å². The van der Waals surface area contributed by atoms with Crippen molar-refractivity contribution in [2.24, 2.45) is 0 Å². The van der Waals surface area contributed by atoms with Gasteiger partial charge in [-0.15, -0.1) is 0 Å². The molecule has 2 rings (SSSR count). The van der Waals surface area contributed by atoms with E-state index in [4.69, 9.17) is 11.6 Å². The maximum absolute atomic E-state index is 13.2. The molecule has 0 saturated carbocycles. The molecule has 4 nitrogen and oxygen atoms in total. The van der Waals surface area contributed by atoms with Crippen molar-refractivity contribution in [3.63, 3.8) is 0 Å². The quantitative estimate of drug-likeness (QED) is 0.852. The molecule has 0 heterocycles. The number of halogens is 2. The smallest absolute Gasteiger partial charge is 0.226 e. The molecule has 0 unspecified atom stereocenters. The number of hydrogen-bond donors (Lipinski definition) is 1. The van der Waals surface area contributed by atoms with Crippen LogP contribution in [0.15, 0.2) is 36.4 Å². The van der Waals surface area contributed by atoms with Gasteiger partial charge in [0.15, 0.2) is 0 Å². The number of hydrogen-bond acceptors (Lipinski definition) is 2. The SMILES string of the molecule is CC(=O)N(CCC(=O)Nc1ccc(F)c(Cl)c1)c1c(C)cccc1C. The molecule has 2 aromatic carbocycles. The Morgan fingerprint density at radius 3 is 2.36 bits per heavy atom. The summed E-state index contributed by atoms with van der Waals surface area (Å²) in [6.45, 7) is 5.59. The zero-order valence-corrected chi connectivity index (χ0v) is 15.2. The summed E-state index contributed by atoms with van der Waals surface area (Å²) in [7, 11) is 0. The normalized spacial score (nSPS) is 10.4. The summed E-state index contributed by atoms with van der Waals surface area (Å²) in [6, 6.07) is 9.77. The van der Waals surface area contributed by atoms with Gasteiger partial charge in [-0.05, 0) is 43.2 Å². The summed E-state index contributed by atoms with van der Waals surface area (Å²) < 4.78 is 13.2. The van der Waals surface area contributed by atoms with E-state index in [9.17, 15) is 14.0 Å². The van der Waals surface area contributed by atoms with Crippen molar-refractivity contribution in [3.05, 3.63) is 58.4 Å². The Labute approximate surface area is 151 Å². The fraction of sp³-hybridized carbons (Fsp3) is 0.263. The van der Waals surface area contributed by atoms with Gasteiger partial charge < -0.3 is 10.2 Å². The molecule has 2 amide bonds. The van der Waals surface area contributed by atoms with Gasteiger partial charge >= 0.3 is 0 Å². The zero-order valence-electron chi connectivity index (χ0n) is 14.4. The Morgan fingerprint density at radius 2 is 1.80 bits per heavy atom. The number of carbonyl (C=O) groups excluding carboxylic acids is 2. The lowest BCUT2D eigenvalue weighted by Gasteiger charge is -2.25. The molecule has 6 heteroatoms. The van der Waals surface area contributed by atoms with Crippen molar-refractivity contribution in [1.82, 2.24) is 0 Å². The first-order valence-electron chi connectivity index (χ1n) is 7.89. The van der Waals surface area contributed by atoms with Gasteiger partial charge in [-0.25, -0.2) is 4.39 Å². The molecule has 0 radical (unpaired) electrons. The fourth-order valence-electron chi connectivity index (χ4n) is 2.67. The maximum atomic E-state index is 13.2. The predicted octanol–water partition coefficient (Wildman–Crippen LogP) is 4.48. The first kappa shape index (κ1) is 18.9. The Hall–Kier alpha value is -2.40. The molecular formula is C19H20ClFN2O2. The number of amides is 2. The third kappa shape index (κ3) is 4.79. The fourth-order valence-corrected chi connectivity index (χ4v) is 2.85. The molecule has 0 fully saturated rings. The molecule has 2 aromatic rings. The van der Waals surface area contributed by atoms with Gasteiger partial charge in [0.1, 0.15) is 5.82 Å². The lowest BCUT2D eigenvalue weighted by atomic mass is 10.1. The van der Waals surface area contributed by atoms with Crippen LogP contribution in [-0.2, 0) is 9.59 Å². The average Bonchev–Trinajstić information content (AvgIpc) is 2.53. The van der Waals surface area contributed by atoms with Crippen LogP contribution in [0.3, 0.4) is 0 Å². The lowest BCUT2D eigenvalue weighted by molar-refractivity contribution is -0.117. The summed E-state index contributed by atoms with van der Waals surface area (Å²) in [6.07, 6.45) is 0.113. The monoisotopic (exact) mass is 362 g/mol. The van der Waals surface area contributed by atoms with E-state index in [1.807, 2.05) is 32.0 Å². The topological polar surface area (TPSA) is 49.4 Å². The van der Waals surface area contributed by atoms with E-state index in [2.05, 4.69) is 5.32 Å². The largest absolute Gasteiger partial charge is 0.326 e. The average molecular weight is 363 g/mol. The Morgan fingerprint density at radius 1 is 1.16 bits per heavy atom. The molecule has 0 aliphatic carbocycles. The van der Waals surface area contributed by atoms with Crippen LogP contribution in [0.2, 0.25) is 5.02 Å². The second kappa shape index (κ2) is 8.12. The minimum absolute atomic E-state index is 0.0568. The van der Waals surface area contributed by atoms with Crippen LogP contribution in [0.5, 0.6) is 0 Å². The van der Waals surface area contributed by atoms with Gasteiger partial charge in [-0.3, -0.25) is 9.59 Å². The van der Waals surface area contributed by atoms with Crippen LogP contribution >= 0.6 is 11.6 Å². The van der Waals surface area contributed by atoms with Crippen molar-refractivity contribution in [3.8, 4) is 0 Å². The molecule has 25 heavy (non-hydrogen) atoms. The molecule has 0 aliphatic heterocycles. The van der Waals surface area contributed by atoms with Gasteiger partial charge in [-0.1, -0.05) is 29.8 Å². The third-order valence-electron chi connectivity index (χ3n) is 3.86. The van der Waals surface area contributed by atoms with E-state index in [0.29, 0.717) is 5.69 Å². The van der Waals surface area contributed by atoms with Crippen molar-refractivity contribution < 1.29 is 14.0 Å². The van der Waals surface area contributed by atoms with Gasteiger partial charge in [0.2, 0.25) is 11.8 Å². The number of rotatable bonds is 5. The highest BCUT2D eigenvalue weighted by Gasteiger charge is 2.17. The number of para-hydroxylation sites is 1. The van der Waals surface area contributed by atoms with Crippen molar-refractivity contribution in [1.29, 1.82) is 0 Å². The molecular weight excluding hydrogens is 343 g/mol. The molecule has 0 aromatic heterocycles. The molecule has 132 valence electrons. The number of nitrogens with one attached hydrogen (secondary N) is 1. The van der Waals surface area contributed by atoms with E-state index in [-0.39, 0.29) is 29.8 Å². The van der Waals surface area contributed by atoms with E-state index in [1.54, 1.807) is 4.90 Å². The second-order valence-corrected chi connectivity index (χ2v) is 6.25. The summed E-state index contributed by atoms with van der Waals surface area (Å²) in [5, 5.41) is 2.60. The molecule has 0 atom stereocenters. The van der Waals surface area contributed by atoms with Crippen LogP contribution in [0.4, 0.5) is 15.8 Å². The van der Waals surface area contributed by atoms with Gasteiger partial charge in [-0.2, -0.15) is 0 Å². The number of anilines is 2.